The molecule has 0 aromatic heterocycles. The van der Waals surface area contributed by atoms with Gasteiger partial charge in [-0.15, -0.1) is 0 Å². The Morgan fingerprint density at radius 2 is 1.87 bits per heavy atom. The van der Waals surface area contributed by atoms with Gasteiger partial charge in [0.2, 0.25) is 0 Å². The number of rotatable bonds is 7. The second-order valence-electron chi connectivity index (χ2n) is 6.82. The lowest BCUT2D eigenvalue weighted by atomic mass is 10.2. The molecule has 23 heavy (non-hydrogen) atoms. The average molecular weight is 403 g/mol. The van der Waals surface area contributed by atoms with Crippen LogP contribution in [-0.2, 0) is 9.16 Å². The lowest BCUT2D eigenvalue weighted by Crippen LogP contribution is -2.41. The van der Waals surface area contributed by atoms with Gasteiger partial charge in [0.15, 0.2) is 8.32 Å². The van der Waals surface area contributed by atoms with E-state index in [1.165, 1.54) is 0 Å². The van der Waals surface area contributed by atoms with E-state index in [0.717, 1.165) is 4.47 Å². The number of hydrogen-bond donors (Lipinski definition) is 0. The Morgan fingerprint density at radius 1 is 1.22 bits per heavy atom. The monoisotopic (exact) mass is 402 g/mol. The first-order valence-corrected chi connectivity index (χ1v) is 11.5. The SMILES string of the molecule is CCOC(=O)c1ccc(OCCO[Si](C)(C)C(C)(C)C)c(Br)c1. The van der Waals surface area contributed by atoms with Crippen molar-refractivity contribution in [2.45, 2.75) is 45.8 Å². The highest BCUT2D eigenvalue weighted by atomic mass is 79.9. The van der Waals surface area contributed by atoms with Gasteiger partial charge in [0.05, 0.1) is 23.2 Å². The number of hydrogen-bond acceptors (Lipinski definition) is 4. The number of carbonyl (C=O) groups is 1. The van der Waals surface area contributed by atoms with Crippen molar-refractivity contribution < 1.29 is 18.7 Å². The maximum atomic E-state index is 11.7. The van der Waals surface area contributed by atoms with Gasteiger partial charge < -0.3 is 13.9 Å². The van der Waals surface area contributed by atoms with Gasteiger partial charge in [-0.2, -0.15) is 0 Å². The van der Waals surface area contributed by atoms with Gasteiger partial charge in [0.25, 0.3) is 0 Å². The van der Waals surface area contributed by atoms with E-state index in [1.54, 1.807) is 25.1 Å². The molecule has 0 aliphatic rings. The van der Waals surface area contributed by atoms with Crippen LogP contribution in [0.15, 0.2) is 22.7 Å². The zero-order valence-electron chi connectivity index (χ0n) is 14.9. The second-order valence-corrected chi connectivity index (χ2v) is 12.5. The van der Waals surface area contributed by atoms with Crippen LogP contribution in [0.1, 0.15) is 38.1 Å². The van der Waals surface area contributed by atoms with E-state index in [2.05, 4.69) is 49.8 Å². The van der Waals surface area contributed by atoms with Crippen LogP contribution in [0.5, 0.6) is 5.75 Å². The first-order valence-electron chi connectivity index (χ1n) is 7.82. The molecular formula is C17H27BrO4Si. The Morgan fingerprint density at radius 3 is 2.39 bits per heavy atom. The summed E-state index contributed by atoms with van der Waals surface area (Å²) in [7, 11) is -1.74. The van der Waals surface area contributed by atoms with Gasteiger partial charge in [-0.25, -0.2) is 4.79 Å². The average Bonchev–Trinajstić information content (AvgIpc) is 2.43. The molecule has 1 aromatic carbocycles. The quantitative estimate of drug-likeness (QED) is 0.364. The minimum atomic E-state index is -1.74. The van der Waals surface area contributed by atoms with Crippen molar-refractivity contribution in [3.63, 3.8) is 0 Å². The predicted octanol–water partition coefficient (Wildman–Crippen LogP) is 5.03. The smallest absolute Gasteiger partial charge is 0.338 e. The standard InChI is InChI=1S/C17H27BrO4Si/c1-7-20-16(19)13-8-9-15(14(18)12-13)21-10-11-22-23(5,6)17(2,3)4/h8-9,12H,7,10-11H2,1-6H3. The van der Waals surface area contributed by atoms with Crippen molar-refractivity contribution in [1.82, 2.24) is 0 Å². The Balaban J connectivity index is 2.55. The highest BCUT2D eigenvalue weighted by Crippen LogP contribution is 2.36. The predicted molar refractivity (Wildman–Crippen MR) is 98.7 cm³/mol. The number of benzene rings is 1. The van der Waals surface area contributed by atoms with E-state index in [9.17, 15) is 4.79 Å². The molecule has 1 aromatic rings. The maximum absolute atomic E-state index is 11.7. The normalized spacial score (nSPS) is 12.1. The van der Waals surface area contributed by atoms with Crippen molar-refractivity contribution in [2.75, 3.05) is 19.8 Å². The zero-order chi connectivity index (χ0) is 17.7. The summed E-state index contributed by atoms with van der Waals surface area (Å²) in [6.07, 6.45) is 0. The van der Waals surface area contributed by atoms with Crippen LogP contribution in [0.2, 0.25) is 18.1 Å². The molecule has 1 rings (SSSR count). The molecule has 0 N–H and O–H groups in total. The van der Waals surface area contributed by atoms with E-state index in [1.807, 2.05) is 0 Å². The molecule has 6 heteroatoms. The third-order valence-electron chi connectivity index (χ3n) is 4.05. The van der Waals surface area contributed by atoms with Gasteiger partial charge in [0, 0.05) is 0 Å². The third-order valence-corrected chi connectivity index (χ3v) is 9.21. The molecule has 130 valence electrons. The van der Waals surface area contributed by atoms with Crippen LogP contribution in [0, 0.1) is 0 Å². The molecule has 0 heterocycles. The van der Waals surface area contributed by atoms with Crippen molar-refractivity contribution in [2.24, 2.45) is 0 Å². The zero-order valence-corrected chi connectivity index (χ0v) is 17.5. The van der Waals surface area contributed by atoms with Crippen molar-refractivity contribution in [3.8, 4) is 5.75 Å². The first kappa shape index (κ1) is 20.2. The molecule has 0 amide bonds. The van der Waals surface area contributed by atoms with Gasteiger partial charge in [-0.05, 0) is 59.2 Å². The van der Waals surface area contributed by atoms with E-state index in [4.69, 9.17) is 13.9 Å². The Bertz CT molecular complexity index is 538. The van der Waals surface area contributed by atoms with Crippen LogP contribution >= 0.6 is 15.9 Å². The molecule has 0 spiro atoms. The lowest BCUT2D eigenvalue weighted by Gasteiger charge is -2.36. The van der Waals surface area contributed by atoms with Crippen molar-refractivity contribution in [1.29, 1.82) is 0 Å². The molecule has 0 radical (unpaired) electrons. The number of carbonyl (C=O) groups excluding carboxylic acids is 1. The fraction of sp³-hybridized carbons (Fsp3) is 0.588. The van der Waals surface area contributed by atoms with Crippen LogP contribution in [0.25, 0.3) is 0 Å². The first-order chi connectivity index (χ1) is 10.6. The summed E-state index contributed by atoms with van der Waals surface area (Å²) in [6.45, 7) is 14.3. The van der Waals surface area contributed by atoms with Crippen molar-refractivity contribution >= 4 is 30.2 Å². The van der Waals surface area contributed by atoms with Gasteiger partial charge in [0.1, 0.15) is 12.4 Å². The van der Waals surface area contributed by atoms with E-state index >= 15 is 0 Å². The molecule has 0 atom stereocenters. The third kappa shape index (κ3) is 5.93. The molecule has 0 bridgehead atoms. The van der Waals surface area contributed by atoms with Crippen LogP contribution in [0.4, 0.5) is 0 Å². The summed E-state index contributed by atoms with van der Waals surface area (Å²) in [6, 6.07) is 5.18. The van der Waals surface area contributed by atoms with Gasteiger partial charge in [-0.3, -0.25) is 0 Å². The minimum absolute atomic E-state index is 0.189. The number of esters is 1. The molecular weight excluding hydrogens is 376 g/mol. The molecule has 0 unspecified atom stereocenters. The Kier molecular flexibility index (Phi) is 7.29. The van der Waals surface area contributed by atoms with Crippen LogP contribution in [0.3, 0.4) is 0 Å². The second kappa shape index (κ2) is 8.31. The summed E-state index contributed by atoms with van der Waals surface area (Å²) in [5.41, 5.74) is 0.503. The lowest BCUT2D eigenvalue weighted by molar-refractivity contribution is 0.0526. The number of ether oxygens (including phenoxy) is 2. The highest BCUT2D eigenvalue weighted by molar-refractivity contribution is 9.10. The fourth-order valence-corrected chi connectivity index (χ4v) is 3.14. The summed E-state index contributed by atoms with van der Waals surface area (Å²) in [5.74, 6) is 0.359. The number of halogens is 1. The van der Waals surface area contributed by atoms with E-state index < -0.39 is 8.32 Å². The highest BCUT2D eigenvalue weighted by Gasteiger charge is 2.36. The summed E-state index contributed by atoms with van der Waals surface area (Å²) in [4.78, 5) is 11.7. The van der Waals surface area contributed by atoms with E-state index in [0.29, 0.717) is 31.1 Å². The largest absolute Gasteiger partial charge is 0.490 e. The maximum Gasteiger partial charge on any atom is 0.338 e. The topological polar surface area (TPSA) is 44.8 Å². The van der Waals surface area contributed by atoms with Gasteiger partial charge >= 0.3 is 5.97 Å². The minimum Gasteiger partial charge on any atom is -0.490 e. The molecule has 0 aliphatic carbocycles. The molecule has 4 nitrogen and oxygen atoms in total. The Labute approximate surface area is 148 Å². The molecule has 0 saturated heterocycles. The molecule has 0 aliphatic heterocycles. The molecule has 0 saturated carbocycles. The van der Waals surface area contributed by atoms with E-state index in [-0.39, 0.29) is 11.0 Å². The summed E-state index contributed by atoms with van der Waals surface area (Å²) < 4.78 is 17.5. The molecule has 0 fully saturated rings. The van der Waals surface area contributed by atoms with Crippen molar-refractivity contribution in [3.05, 3.63) is 28.2 Å². The Hall–Kier alpha value is -0.853. The summed E-state index contributed by atoms with van der Waals surface area (Å²) in [5, 5.41) is 0.189. The van der Waals surface area contributed by atoms with Crippen LogP contribution in [-0.4, -0.2) is 34.1 Å². The van der Waals surface area contributed by atoms with Gasteiger partial charge in [-0.1, -0.05) is 20.8 Å². The van der Waals surface area contributed by atoms with Crippen LogP contribution < -0.4 is 4.74 Å². The summed E-state index contributed by atoms with van der Waals surface area (Å²) >= 11 is 3.42. The fourth-order valence-electron chi connectivity index (χ4n) is 1.62.